The number of hydrogen-bond acceptors (Lipinski definition) is 6. The Balaban J connectivity index is 2.02. The molecule has 0 heterocycles. The number of rotatable bonds is 6. The van der Waals surface area contributed by atoms with Gasteiger partial charge < -0.3 is 9.47 Å². The highest BCUT2D eigenvalue weighted by molar-refractivity contribution is 6.68. The molecule has 0 fully saturated rings. The average Bonchev–Trinajstić information content (AvgIpc) is 2.90. The molecule has 0 atom stereocenters. The molecule has 0 aliphatic carbocycles. The minimum absolute atomic E-state index is 0.226. The predicted octanol–water partition coefficient (Wildman–Crippen LogP) is 10.1. The monoisotopic (exact) mass is 666 g/mol. The summed E-state index contributed by atoms with van der Waals surface area (Å²) in [6.07, 6.45) is 0. The summed E-state index contributed by atoms with van der Waals surface area (Å²) >= 11 is 11.7. The van der Waals surface area contributed by atoms with Crippen LogP contribution in [0.15, 0.2) is 48.5 Å². The molecule has 246 valence electrons. The molecule has 0 saturated carbocycles. The first kappa shape index (κ1) is 37.0. The van der Waals surface area contributed by atoms with Crippen molar-refractivity contribution in [2.75, 3.05) is 0 Å². The first-order valence-electron chi connectivity index (χ1n) is 15.1. The van der Waals surface area contributed by atoms with Crippen LogP contribution in [-0.2, 0) is 21.7 Å². The number of carbonyl (C=O) groups is 4. The molecule has 0 aliphatic rings. The molecule has 0 amide bonds. The minimum atomic E-state index is -0.618. The maximum atomic E-state index is 13.5. The Morgan fingerprint density at radius 1 is 0.435 bits per heavy atom. The van der Waals surface area contributed by atoms with Gasteiger partial charge in [-0.15, -0.1) is 0 Å². The summed E-state index contributed by atoms with van der Waals surface area (Å²) in [5.74, 6) is -0.489. The van der Waals surface area contributed by atoms with Crippen LogP contribution in [0.2, 0.25) is 0 Å². The van der Waals surface area contributed by atoms with Crippen LogP contribution in [0.3, 0.4) is 0 Å². The molecule has 3 aromatic rings. The second-order valence-corrected chi connectivity index (χ2v) is 16.4. The van der Waals surface area contributed by atoms with Gasteiger partial charge in [0.1, 0.15) is 11.5 Å². The van der Waals surface area contributed by atoms with Crippen molar-refractivity contribution in [1.29, 1.82) is 0 Å². The molecule has 0 radical (unpaired) electrons. The van der Waals surface area contributed by atoms with E-state index in [2.05, 4.69) is 0 Å². The summed E-state index contributed by atoms with van der Waals surface area (Å²) < 4.78 is 12.1. The fraction of sp³-hybridized carbons (Fsp3) is 0.421. The van der Waals surface area contributed by atoms with Crippen LogP contribution < -0.4 is 9.47 Å². The van der Waals surface area contributed by atoms with E-state index in [9.17, 15) is 19.2 Å². The fourth-order valence-corrected chi connectivity index (χ4v) is 5.20. The Morgan fingerprint density at radius 3 is 0.826 bits per heavy atom. The number of hydrogen-bond donors (Lipinski definition) is 0. The van der Waals surface area contributed by atoms with Crippen molar-refractivity contribution < 1.29 is 28.7 Å². The van der Waals surface area contributed by atoms with Crippen molar-refractivity contribution in [2.24, 2.45) is 0 Å². The van der Waals surface area contributed by atoms with E-state index in [1.54, 1.807) is 24.3 Å². The summed E-state index contributed by atoms with van der Waals surface area (Å²) in [5.41, 5.74) is 1.89. The van der Waals surface area contributed by atoms with Crippen LogP contribution >= 0.6 is 23.2 Å². The molecule has 0 spiro atoms. The first-order valence-corrected chi connectivity index (χ1v) is 15.9. The average molecular weight is 668 g/mol. The lowest BCUT2D eigenvalue weighted by Crippen LogP contribution is -2.23. The highest BCUT2D eigenvalue weighted by atomic mass is 35.5. The molecule has 6 nitrogen and oxygen atoms in total. The topological polar surface area (TPSA) is 86.7 Å². The molecule has 3 aromatic carbocycles. The zero-order valence-corrected chi connectivity index (χ0v) is 30.3. The maximum Gasteiger partial charge on any atom is 0.343 e. The SMILES string of the molecule is CC(C)(C)c1cc(C(=O)Cl)cc(C(C)(C)C)c1OC(=O)c1ccc(C(=O)Oc2c(C(C)(C)C)cc(C(=O)Cl)cc2C(C)(C)C)cc1. The molecule has 46 heavy (non-hydrogen) atoms. The summed E-state index contributed by atoms with van der Waals surface area (Å²) in [6.45, 7) is 23.6. The Kier molecular flexibility index (Phi) is 10.4. The standard InChI is InChI=1S/C38H44Cl2O6/c1-35(2,3)25-17-23(31(39)41)18-26(36(4,5)6)29(25)45-33(43)21-13-15-22(16-14-21)34(44)46-30-27(37(7,8)9)19-24(32(40)42)20-28(30)38(10,11)12/h13-20H,1-12H3. The van der Waals surface area contributed by atoms with Crippen LogP contribution in [0.4, 0.5) is 0 Å². The molecule has 8 heteroatoms. The van der Waals surface area contributed by atoms with Crippen LogP contribution in [-0.4, -0.2) is 22.4 Å². The predicted molar refractivity (Wildman–Crippen MR) is 184 cm³/mol. The smallest absolute Gasteiger partial charge is 0.343 e. The van der Waals surface area contributed by atoms with Gasteiger partial charge in [-0.2, -0.15) is 0 Å². The van der Waals surface area contributed by atoms with Gasteiger partial charge in [-0.3, -0.25) is 9.59 Å². The van der Waals surface area contributed by atoms with Gasteiger partial charge in [0.25, 0.3) is 10.5 Å². The second kappa shape index (κ2) is 13.0. The lowest BCUT2D eigenvalue weighted by atomic mass is 9.78. The van der Waals surface area contributed by atoms with E-state index in [-0.39, 0.29) is 11.1 Å². The minimum Gasteiger partial charge on any atom is -0.422 e. The van der Waals surface area contributed by atoms with E-state index in [0.29, 0.717) is 44.9 Å². The molecule has 0 aliphatic heterocycles. The van der Waals surface area contributed by atoms with E-state index < -0.39 is 44.1 Å². The zero-order chi connectivity index (χ0) is 35.2. The van der Waals surface area contributed by atoms with Crippen molar-refractivity contribution >= 4 is 45.6 Å². The van der Waals surface area contributed by atoms with Crippen LogP contribution in [0, 0.1) is 0 Å². The Morgan fingerprint density at radius 2 is 0.652 bits per heavy atom. The summed E-state index contributed by atoms with van der Waals surface area (Å²) in [6, 6.07) is 12.7. The lowest BCUT2D eigenvalue weighted by molar-refractivity contribution is 0.0714. The first-order chi connectivity index (χ1) is 20.8. The molecule has 0 unspecified atom stereocenters. The molecule has 0 saturated heterocycles. The zero-order valence-electron chi connectivity index (χ0n) is 28.8. The molecule has 0 aromatic heterocycles. The quantitative estimate of drug-likeness (QED) is 0.148. The van der Waals surface area contributed by atoms with E-state index >= 15 is 0 Å². The van der Waals surface area contributed by atoms with Gasteiger partial charge in [0.05, 0.1) is 11.1 Å². The number of esters is 2. The third kappa shape index (κ3) is 8.45. The third-order valence-electron chi connectivity index (χ3n) is 7.61. The number of halogens is 2. The molecular weight excluding hydrogens is 623 g/mol. The van der Waals surface area contributed by atoms with E-state index in [4.69, 9.17) is 32.7 Å². The third-order valence-corrected chi connectivity index (χ3v) is 8.05. The Hall–Kier alpha value is -3.48. The highest BCUT2D eigenvalue weighted by Crippen LogP contribution is 2.43. The Bertz CT molecular complexity index is 1490. The van der Waals surface area contributed by atoms with Crippen molar-refractivity contribution in [3.8, 4) is 11.5 Å². The van der Waals surface area contributed by atoms with Gasteiger partial charge >= 0.3 is 11.9 Å². The van der Waals surface area contributed by atoms with Gasteiger partial charge in [-0.1, -0.05) is 83.1 Å². The van der Waals surface area contributed by atoms with E-state index in [1.807, 2.05) is 83.1 Å². The second-order valence-electron chi connectivity index (χ2n) is 15.7. The summed E-state index contributed by atoms with van der Waals surface area (Å²) in [5, 5.41) is -1.19. The number of ether oxygens (including phenoxy) is 2. The summed E-state index contributed by atoms with van der Waals surface area (Å²) in [4.78, 5) is 51.3. The molecule has 0 N–H and O–H groups in total. The van der Waals surface area contributed by atoms with Gasteiger partial charge in [0.2, 0.25) is 0 Å². The van der Waals surface area contributed by atoms with E-state index in [0.717, 1.165) is 0 Å². The van der Waals surface area contributed by atoms with Gasteiger partial charge in [-0.25, -0.2) is 9.59 Å². The molecule has 3 rings (SSSR count). The van der Waals surface area contributed by atoms with Gasteiger partial charge in [-0.05, 0) is 93.4 Å². The van der Waals surface area contributed by atoms with Crippen LogP contribution in [0.1, 0.15) is 147 Å². The fourth-order valence-electron chi connectivity index (χ4n) is 4.98. The van der Waals surface area contributed by atoms with Crippen LogP contribution in [0.25, 0.3) is 0 Å². The normalized spacial score (nSPS) is 12.5. The van der Waals surface area contributed by atoms with Gasteiger partial charge in [0.15, 0.2) is 0 Å². The summed E-state index contributed by atoms with van der Waals surface area (Å²) in [7, 11) is 0. The van der Waals surface area contributed by atoms with Gasteiger partial charge in [0, 0.05) is 33.4 Å². The van der Waals surface area contributed by atoms with Crippen LogP contribution in [0.5, 0.6) is 11.5 Å². The van der Waals surface area contributed by atoms with Crippen molar-refractivity contribution in [3.05, 3.63) is 93.0 Å². The van der Waals surface area contributed by atoms with Crippen molar-refractivity contribution in [1.82, 2.24) is 0 Å². The number of carbonyl (C=O) groups excluding carboxylic acids is 4. The Labute approximate surface area is 282 Å². The number of benzene rings is 3. The van der Waals surface area contributed by atoms with Crippen molar-refractivity contribution in [3.63, 3.8) is 0 Å². The molecule has 0 bridgehead atoms. The van der Waals surface area contributed by atoms with Crippen molar-refractivity contribution in [2.45, 2.75) is 105 Å². The largest absolute Gasteiger partial charge is 0.422 e. The maximum absolute atomic E-state index is 13.5. The molecular formula is C38H44Cl2O6. The lowest BCUT2D eigenvalue weighted by Gasteiger charge is -2.30. The van der Waals surface area contributed by atoms with E-state index in [1.165, 1.54) is 24.3 Å². The highest BCUT2D eigenvalue weighted by Gasteiger charge is 2.32.